The Kier molecular flexibility index (Phi) is 4.90. The number of hydrogen-bond acceptors (Lipinski definition) is 2. The van der Waals surface area contributed by atoms with Crippen LogP contribution >= 0.6 is 0 Å². The zero-order valence-corrected chi connectivity index (χ0v) is 12.1. The quantitative estimate of drug-likeness (QED) is 0.869. The van der Waals surface area contributed by atoms with E-state index in [0.29, 0.717) is 25.1 Å². The van der Waals surface area contributed by atoms with Gasteiger partial charge in [0, 0.05) is 17.8 Å². The molecule has 0 aliphatic heterocycles. The number of carbonyl (C=O) groups is 1. The summed E-state index contributed by atoms with van der Waals surface area (Å²) in [4.78, 5) is 11.7. The molecule has 118 valence electrons. The maximum Gasteiger partial charge on any atom is 0.435 e. The topological polar surface area (TPSA) is 46.9 Å². The molecule has 0 spiro atoms. The van der Waals surface area contributed by atoms with Gasteiger partial charge in [0.2, 0.25) is 5.91 Å². The van der Waals surface area contributed by atoms with Crippen molar-refractivity contribution in [2.45, 2.75) is 58.2 Å². The van der Waals surface area contributed by atoms with Crippen molar-refractivity contribution in [3.63, 3.8) is 0 Å². The second-order valence-electron chi connectivity index (χ2n) is 5.34. The average Bonchev–Trinajstić information content (AvgIpc) is 2.61. The second-order valence-corrected chi connectivity index (χ2v) is 5.34. The number of aromatic nitrogens is 2. The van der Waals surface area contributed by atoms with Crippen LogP contribution in [0.1, 0.15) is 49.6 Å². The minimum Gasteiger partial charge on any atom is -0.355 e. The molecule has 0 saturated heterocycles. The molecule has 0 aromatic carbocycles. The van der Waals surface area contributed by atoms with Crippen LogP contribution in [0.3, 0.4) is 0 Å². The molecular formula is C14H20F3N3O. The van der Waals surface area contributed by atoms with Crippen LogP contribution in [0.4, 0.5) is 13.2 Å². The molecule has 0 bridgehead atoms. The molecule has 1 N–H and O–H groups in total. The van der Waals surface area contributed by atoms with Crippen LogP contribution in [0.2, 0.25) is 0 Å². The van der Waals surface area contributed by atoms with Crippen LogP contribution in [0, 0.1) is 0 Å². The van der Waals surface area contributed by atoms with Crippen molar-refractivity contribution in [1.29, 1.82) is 0 Å². The van der Waals surface area contributed by atoms with Gasteiger partial charge >= 0.3 is 6.18 Å². The van der Waals surface area contributed by atoms with Crippen molar-refractivity contribution in [3.8, 4) is 0 Å². The van der Waals surface area contributed by atoms with Crippen LogP contribution in [0.15, 0.2) is 0 Å². The normalized spacial score (nSPS) is 15.4. The maximum atomic E-state index is 13.1. The van der Waals surface area contributed by atoms with E-state index >= 15 is 0 Å². The molecule has 0 atom stereocenters. The molecule has 0 fully saturated rings. The first-order valence-electron chi connectivity index (χ1n) is 7.36. The minimum atomic E-state index is -4.46. The highest BCUT2D eigenvalue weighted by molar-refractivity contribution is 5.75. The third kappa shape index (κ3) is 3.77. The highest BCUT2D eigenvalue weighted by Crippen LogP contribution is 2.35. The van der Waals surface area contributed by atoms with E-state index in [9.17, 15) is 18.0 Å². The van der Waals surface area contributed by atoms with Crippen molar-refractivity contribution < 1.29 is 18.0 Å². The van der Waals surface area contributed by atoms with Gasteiger partial charge in [0.25, 0.3) is 0 Å². The molecule has 0 radical (unpaired) electrons. The molecule has 7 heteroatoms. The lowest BCUT2D eigenvalue weighted by molar-refractivity contribution is -0.142. The Hall–Kier alpha value is -1.53. The van der Waals surface area contributed by atoms with Gasteiger partial charge in [-0.15, -0.1) is 0 Å². The molecule has 1 aromatic rings. The van der Waals surface area contributed by atoms with Gasteiger partial charge in [-0.05, 0) is 32.1 Å². The number of hydrogen-bond donors (Lipinski definition) is 1. The number of carbonyl (C=O) groups excluding carboxylic acids is 1. The van der Waals surface area contributed by atoms with E-state index in [-0.39, 0.29) is 18.0 Å². The largest absolute Gasteiger partial charge is 0.435 e. The minimum absolute atomic E-state index is 0.140. The summed E-state index contributed by atoms with van der Waals surface area (Å²) in [5.41, 5.74) is 0.0393. The van der Waals surface area contributed by atoms with Crippen LogP contribution in [-0.2, 0) is 30.4 Å². The lowest BCUT2D eigenvalue weighted by Gasteiger charge is -2.07. The number of alkyl halides is 3. The van der Waals surface area contributed by atoms with E-state index in [4.69, 9.17) is 0 Å². The molecule has 1 amide bonds. The van der Waals surface area contributed by atoms with E-state index < -0.39 is 11.9 Å². The van der Waals surface area contributed by atoms with E-state index in [0.717, 1.165) is 25.7 Å². The van der Waals surface area contributed by atoms with Gasteiger partial charge in [0.1, 0.15) is 6.54 Å². The lowest BCUT2D eigenvalue weighted by Crippen LogP contribution is -2.29. The predicted octanol–water partition coefficient (Wildman–Crippen LogP) is 2.70. The van der Waals surface area contributed by atoms with Gasteiger partial charge in [-0.2, -0.15) is 18.3 Å². The summed E-state index contributed by atoms with van der Waals surface area (Å²) in [7, 11) is 0. The number of fused-ring (bicyclic) bond motifs is 1. The summed E-state index contributed by atoms with van der Waals surface area (Å²) >= 11 is 0. The Labute approximate surface area is 121 Å². The fourth-order valence-electron chi connectivity index (χ4n) is 2.66. The van der Waals surface area contributed by atoms with Gasteiger partial charge in [0.15, 0.2) is 5.69 Å². The summed E-state index contributed by atoms with van der Waals surface area (Å²) in [6, 6.07) is 0. The highest BCUT2D eigenvalue weighted by Gasteiger charge is 2.39. The average molecular weight is 303 g/mol. The van der Waals surface area contributed by atoms with Gasteiger partial charge in [-0.1, -0.05) is 13.3 Å². The fourth-order valence-corrected chi connectivity index (χ4v) is 2.66. The number of halogens is 3. The summed E-state index contributed by atoms with van der Waals surface area (Å²) in [5.74, 6) is -0.292. The van der Waals surface area contributed by atoms with Crippen molar-refractivity contribution in [1.82, 2.24) is 15.1 Å². The number of amides is 1. The molecular weight excluding hydrogens is 283 g/mol. The molecule has 0 unspecified atom stereocenters. The molecule has 1 aliphatic rings. The molecule has 1 aliphatic carbocycles. The second kappa shape index (κ2) is 6.49. The van der Waals surface area contributed by atoms with E-state index in [2.05, 4.69) is 10.4 Å². The molecule has 1 aromatic heterocycles. The molecule has 4 nitrogen and oxygen atoms in total. The number of rotatable bonds is 4. The smallest absolute Gasteiger partial charge is 0.355 e. The maximum absolute atomic E-state index is 13.1. The van der Waals surface area contributed by atoms with Crippen molar-refractivity contribution in [2.24, 2.45) is 0 Å². The van der Waals surface area contributed by atoms with Crippen LogP contribution in [-0.4, -0.2) is 22.2 Å². The first-order chi connectivity index (χ1) is 9.93. The van der Waals surface area contributed by atoms with Crippen molar-refractivity contribution >= 4 is 5.91 Å². The predicted molar refractivity (Wildman–Crippen MR) is 71.8 cm³/mol. The molecule has 21 heavy (non-hydrogen) atoms. The Morgan fingerprint density at radius 3 is 2.67 bits per heavy atom. The van der Waals surface area contributed by atoms with Crippen LogP contribution in [0.5, 0.6) is 0 Å². The zero-order chi connectivity index (χ0) is 15.5. The van der Waals surface area contributed by atoms with Gasteiger partial charge in [-0.25, -0.2) is 0 Å². The Balaban J connectivity index is 2.28. The van der Waals surface area contributed by atoms with Crippen LogP contribution in [0.25, 0.3) is 0 Å². The standard InChI is InChI=1S/C14H20F3N3O/c1-2-8-18-12(21)9-20-11-7-5-3-4-6-10(11)13(19-20)14(15,16)17/h2-9H2,1H3,(H,18,21). The first-order valence-corrected chi connectivity index (χ1v) is 7.36. The summed E-state index contributed by atoms with van der Waals surface area (Å²) < 4.78 is 40.5. The Morgan fingerprint density at radius 2 is 2.00 bits per heavy atom. The monoisotopic (exact) mass is 303 g/mol. The van der Waals surface area contributed by atoms with Crippen LogP contribution < -0.4 is 5.32 Å². The van der Waals surface area contributed by atoms with Crippen molar-refractivity contribution in [2.75, 3.05) is 6.54 Å². The Morgan fingerprint density at radius 1 is 1.29 bits per heavy atom. The van der Waals surface area contributed by atoms with Crippen molar-refractivity contribution in [3.05, 3.63) is 17.0 Å². The van der Waals surface area contributed by atoms with Gasteiger partial charge < -0.3 is 5.32 Å². The number of nitrogens with one attached hydrogen (secondary N) is 1. The third-order valence-electron chi connectivity index (χ3n) is 3.64. The SMILES string of the molecule is CCCNC(=O)Cn1nc(C(F)(F)F)c2c1CCCCC2. The molecule has 2 rings (SSSR count). The number of nitrogens with zero attached hydrogens (tertiary/aromatic N) is 2. The van der Waals surface area contributed by atoms with E-state index in [1.807, 2.05) is 6.92 Å². The fraction of sp³-hybridized carbons (Fsp3) is 0.714. The Bertz CT molecular complexity index is 508. The van der Waals surface area contributed by atoms with Gasteiger partial charge in [0.05, 0.1) is 0 Å². The third-order valence-corrected chi connectivity index (χ3v) is 3.64. The zero-order valence-electron chi connectivity index (χ0n) is 12.1. The van der Waals surface area contributed by atoms with E-state index in [1.54, 1.807) is 0 Å². The summed E-state index contributed by atoms with van der Waals surface area (Å²) in [6.45, 7) is 2.30. The lowest BCUT2D eigenvalue weighted by atomic mass is 10.1. The molecule has 1 heterocycles. The van der Waals surface area contributed by atoms with Gasteiger partial charge in [-0.3, -0.25) is 9.48 Å². The summed E-state index contributed by atoms with van der Waals surface area (Å²) in [5, 5.41) is 6.35. The highest BCUT2D eigenvalue weighted by atomic mass is 19.4. The summed E-state index contributed by atoms with van der Waals surface area (Å²) in [6.07, 6.45) is -0.235. The first kappa shape index (κ1) is 15.9. The van der Waals surface area contributed by atoms with E-state index in [1.165, 1.54) is 4.68 Å². The molecule has 0 saturated carbocycles.